The van der Waals surface area contributed by atoms with Crippen molar-refractivity contribution in [3.8, 4) is 0 Å². The lowest BCUT2D eigenvalue weighted by Gasteiger charge is -2.29. The fraction of sp³-hybridized carbons (Fsp3) is 0.455. The molecule has 1 N–H and O–H groups in total. The van der Waals surface area contributed by atoms with Gasteiger partial charge in [0.2, 0.25) is 11.8 Å². The van der Waals surface area contributed by atoms with Crippen LogP contribution in [-0.2, 0) is 16.0 Å². The van der Waals surface area contributed by atoms with E-state index in [1.165, 1.54) is 0 Å². The molecule has 2 atom stereocenters. The van der Waals surface area contributed by atoms with Gasteiger partial charge in [0.25, 0.3) is 0 Å². The summed E-state index contributed by atoms with van der Waals surface area (Å²) in [6, 6.07) is 11.6. The maximum atomic E-state index is 12.8. The van der Waals surface area contributed by atoms with E-state index >= 15 is 0 Å². The van der Waals surface area contributed by atoms with Crippen molar-refractivity contribution in [2.24, 2.45) is 0 Å². The number of hydrogen-bond acceptors (Lipinski definition) is 3. The van der Waals surface area contributed by atoms with E-state index in [9.17, 15) is 9.59 Å². The van der Waals surface area contributed by atoms with Crippen LogP contribution in [0.25, 0.3) is 0 Å². The molecule has 2 unspecified atom stereocenters. The largest absolute Gasteiger partial charge is 0.469 e. The number of carbonyl (C=O) groups excluding carboxylic acids is 2. The second-order valence-electron chi connectivity index (χ2n) is 7.93. The molecule has 148 valence electrons. The SMILES string of the molecule is O=C1CCC(CCC(=O)N2CCC(c3ccccc3Cl)C2)(Cc2ccco2)N1. The van der Waals surface area contributed by atoms with Crippen LogP contribution in [0, 0.1) is 0 Å². The summed E-state index contributed by atoms with van der Waals surface area (Å²) in [5.74, 6) is 1.34. The number of amides is 2. The highest BCUT2D eigenvalue weighted by Gasteiger charge is 2.39. The Labute approximate surface area is 170 Å². The zero-order valence-corrected chi connectivity index (χ0v) is 16.6. The van der Waals surface area contributed by atoms with Crippen LogP contribution in [0.3, 0.4) is 0 Å². The quantitative estimate of drug-likeness (QED) is 0.799. The first-order chi connectivity index (χ1) is 13.5. The Hall–Kier alpha value is -2.27. The molecule has 1 aromatic carbocycles. The van der Waals surface area contributed by atoms with Crippen molar-refractivity contribution in [2.75, 3.05) is 13.1 Å². The minimum absolute atomic E-state index is 0.0546. The van der Waals surface area contributed by atoms with Gasteiger partial charge in [0.05, 0.1) is 6.26 Å². The molecule has 6 heteroatoms. The van der Waals surface area contributed by atoms with Gasteiger partial charge >= 0.3 is 0 Å². The first kappa shape index (κ1) is 19.1. The van der Waals surface area contributed by atoms with E-state index < -0.39 is 0 Å². The van der Waals surface area contributed by atoms with Crippen LogP contribution < -0.4 is 5.32 Å². The van der Waals surface area contributed by atoms with E-state index in [-0.39, 0.29) is 17.4 Å². The van der Waals surface area contributed by atoms with E-state index in [1.54, 1.807) is 6.26 Å². The fourth-order valence-electron chi connectivity index (χ4n) is 4.48. The van der Waals surface area contributed by atoms with Crippen LogP contribution in [0.2, 0.25) is 5.02 Å². The monoisotopic (exact) mass is 400 g/mol. The number of halogens is 1. The summed E-state index contributed by atoms with van der Waals surface area (Å²) in [6.07, 6.45) is 5.51. The van der Waals surface area contributed by atoms with Gasteiger partial charge in [-0.15, -0.1) is 0 Å². The van der Waals surface area contributed by atoms with E-state index in [4.69, 9.17) is 16.0 Å². The predicted octanol–water partition coefficient (Wildman–Crippen LogP) is 3.92. The fourth-order valence-corrected chi connectivity index (χ4v) is 4.77. The van der Waals surface area contributed by atoms with Gasteiger partial charge in [-0.1, -0.05) is 29.8 Å². The van der Waals surface area contributed by atoms with E-state index in [1.807, 2.05) is 41.3 Å². The van der Waals surface area contributed by atoms with Crippen LogP contribution >= 0.6 is 11.6 Å². The molecule has 0 saturated carbocycles. The number of likely N-dealkylation sites (tertiary alicyclic amines) is 1. The molecule has 2 amide bonds. The molecule has 2 aliphatic heterocycles. The standard InChI is InChI=1S/C22H25ClN2O3/c23-19-6-2-1-5-18(19)16-9-12-25(15-16)21(27)8-11-22(10-7-20(26)24-22)14-17-4-3-13-28-17/h1-6,13,16H,7-12,14-15H2,(H,24,26). The zero-order chi connectivity index (χ0) is 19.6. The lowest BCUT2D eigenvalue weighted by molar-refractivity contribution is -0.131. The third-order valence-corrected chi connectivity index (χ3v) is 6.38. The highest BCUT2D eigenvalue weighted by atomic mass is 35.5. The molecule has 3 heterocycles. The van der Waals surface area contributed by atoms with Crippen molar-refractivity contribution < 1.29 is 14.0 Å². The van der Waals surface area contributed by atoms with Crippen molar-refractivity contribution in [3.05, 3.63) is 59.0 Å². The van der Waals surface area contributed by atoms with Gasteiger partial charge in [-0.05, 0) is 43.0 Å². The number of rotatable bonds is 6. The minimum atomic E-state index is -0.382. The Morgan fingerprint density at radius 1 is 1.29 bits per heavy atom. The van der Waals surface area contributed by atoms with Crippen molar-refractivity contribution >= 4 is 23.4 Å². The van der Waals surface area contributed by atoms with Crippen molar-refractivity contribution in [3.63, 3.8) is 0 Å². The van der Waals surface area contributed by atoms with Crippen molar-refractivity contribution in [1.29, 1.82) is 0 Å². The number of furan rings is 1. The Balaban J connectivity index is 1.36. The number of hydrogen-bond donors (Lipinski definition) is 1. The topological polar surface area (TPSA) is 62.6 Å². The smallest absolute Gasteiger partial charge is 0.222 e. The lowest BCUT2D eigenvalue weighted by atomic mass is 9.87. The van der Waals surface area contributed by atoms with E-state index in [2.05, 4.69) is 5.32 Å². The first-order valence-electron chi connectivity index (χ1n) is 9.90. The summed E-state index contributed by atoms with van der Waals surface area (Å²) in [4.78, 5) is 26.7. The molecule has 4 rings (SSSR count). The number of nitrogens with zero attached hydrogens (tertiary/aromatic N) is 1. The molecule has 28 heavy (non-hydrogen) atoms. The summed E-state index contributed by atoms with van der Waals surface area (Å²) in [6.45, 7) is 1.46. The normalized spacial score (nSPS) is 24.5. The molecule has 0 spiro atoms. The summed E-state index contributed by atoms with van der Waals surface area (Å²) >= 11 is 6.33. The first-order valence-corrected chi connectivity index (χ1v) is 10.3. The lowest BCUT2D eigenvalue weighted by Crippen LogP contribution is -2.44. The highest BCUT2D eigenvalue weighted by Crippen LogP contribution is 2.34. The van der Waals surface area contributed by atoms with Crippen LogP contribution in [-0.4, -0.2) is 35.3 Å². The van der Waals surface area contributed by atoms with Crippen molar-refractivity contribution in [1.82, 2.24) is 10.2 Å². The molecule has 0 aliphatic carbocycles. The molecule has 0 radical (unpaired) electrons. The van der Waals surface area contributed by atoms with E-state index in [0.29, 0.717) is 38.1 Å². The Bertz CT molecular complexity index is 851. The average Bonchev–Trinajstić information content (AvgIpc) is 3.43. The van der Waals surface area contributed by atoms with Gasteiger partial charge in [0, 0.05) is 48.8 Å². The molecular formula is C22H25ClN2O3. The van der Waals surface area contributed by atoms with Crippen LogP contribution in [0.1, 0.15) is 49.3 Å². The second-order valence-corrected chi connectivity index (χ2v) is 8.34. The van der Waals surface area contributed by atoms with E-state index in [0.717, 1.165) is 35.7 Å². The van der Waals surface area contributed by atoms with Gasteiger partial charge in [-0.25, -0.2) is 0 Å². The molecule has 0 bridgehead atoms. The van der Waals surface area contributed by atoms with Gasteiger partial charge in [-0.2, -0.15) is 0 Å². The Morgan fingerprint density at radius 2 is 2.14 bits per heavy atom. The number of carbonyl (C=O) groups is 2. The van der Waals surface area contributed by atoms with Crippen LogP contribution in [0.5, 0.6) is 0 Å². The zero-order valence-electron chi connectivity index (χ0n) is 15.8. The molecule has 2 aromatic rings. The van der Waals surface area contributed by atoms with Gasteiger partial charge in [0.1, 0.15) is 5.76 Å². The number of benzene rings is 1. The van der Waals surface area contributed by atoms with Gasteiger partial charge in [-0.3, -0.25) is 9.59 Å². The van der Waals surface area contributed by atoms with Gasteiger partial charge in [0.15, 0.2) is 0 Å². The molecule has 1 aromatic heterocycles. The maximum absolute atomic E-state index is 12.8. The molecular weight excluding hydrogens is 376 g/mol. The third kappa shape index (κ3) is 4.09. The Kier molecular flexibility index (Phi) is 5.44. The Morgan fingerprint density at radius 3 is 2.86 bits per heavy atom. The average molecular weight is 401 g/mol. The van der Waals surface area contributed by atoms with Crippen LogP contribution in [0.4, 0.5) is 0 Å². The van der Waals surface area contributed by atoms with Crippen molar-refractivity contribution in [2.45, 2.75) is 50.0 Å². The molecule has 2 saturated heterocycles. The molecule has 2 fully saturated rings. The summed E-state index contributed by atoms with van der Waals surface area (Å²) in [5, 5.41) is 3.88. The third-order valence-electron chi connectivity index (χ3n) is 6.03. The predicted molar refractivity (Wildman–Crippen MR) is 107 cm³/mol. The molecule has 2 aliphatic rings. The highest BCUT2D eigenvalue weighted by molar-refractivity contribution is 6.31. The van der Waals surface area contributed by atoms with Crippen LogP contribution in [0.15, 0.2) is 47.1 Å². The summed E-state index contributed by atoms with van der Waals surface area (Å²) < 4.78 is 5.48. The second kappa shape index (κ2) is 8.00. The van der Waals surface area contributed by atoms with Gasteiger partial charge < -0.3 is 14.6 Å². The minimum Gasteiger partial charge on any atom is -0.469 e. The summed E-state index contributed by atoms with van der Waals surface area (Å²) in [5.41, 5.74) is 0.740. The maximum Gasteiger partial charge on any atom is 0.222 e. The summed E-state index contributed by atoms with van der Waals surface area (Å²) in [7, 11) is 0. The molecule has 5 nitrogen and oxygen atoms in total. The number of nitrogens with one attached hydrogen (secondary N) is 1.